The van der Waals surface area contributed by atoms with Gasteiger partial charge in [0, 0.05) is 13.1 Å². The molecule has 1 amide bonds. The quantitative estimate of drug-likeness (QED) is 0.688. The van der Waals surface area contributed by atoms with E-state index in [9.17, 15) is 22.4 Å². The van der Waals surface area contributed by atoms with Crippen LogP contribution in [0.3, 0.4) is 0 Å². The largest absolute Gasteiger partial charge is 0.452 e. The lowest BCUT2D eigenvalue weighted by atomic mass is 10.1. The Morgan fingerprint density at radius 2 is 1.97 bits per heavy atom. The Hall–Kier alpha value is -2.94. The average molecular weight is 420 g/mol. The van der Waals surface area contributed by atoms with Crippen molar-refractivity contribution in [2.24, 2.45) is 0 Å². The summed E-state index contributed by atoms with van der Waals surface area (Å²) in [6.07, 6.45) is 1.96. The lowest BCUT2D eigenvalue weighted by Gasteiger charge is -2.16. The number of ether oxygens (including phenoxy) is 1. The molecule has 0 saturated heterocycles. The van der Waals surface area contributed by atoms with Gasteiger partial charge < -0.3 is 10.1 Å². The van der Waals surface area contributed by atoms with Crippen molar-refractivity contribution in [2.75, 3.05) is 30.3 Å². The van der Waals surface area contributed by atoms with Crippen molar-refractivity contribution in [3.63, 3.8) is 0 Å². The molecular weight excluding hydrogens is 399 g/mol. The summed E-state index contributed by atoms with van der Waals surface area (Å²) >= 11 is 0. The summed E-state index contributed by atoms with van der Waals surface area (Å²) < 4.78 is 43.3. The van der Waals surface area contributed by atoms with Crippen LogP contribution in [0.1, 0.15) is 21.5 Å². The minimum atomic E-state index is -3.36. The van der Waals surface area contributed by atoms with Crippen LogP contribution in [0.15, 0.2) is 42.5 Å². The van der Waals surface area contributed by atoms with Gasteiger partial charge in [-0.2, -0.15) is 0 Å². The monoisotopic (exact) mass is 420 g/mol. The molecule has 1 heterocycles. The molecule has 3 rings (SSSR count). The van der Waals surface area contributed by atoms with Gasteiger partial charge in [0.25, 0.3) is 5.91 Å². The van der Waals surface area contributed by atoms with E-state index in [1.54, 1.807) is 30.3 Å². The molecule has 1 N–H and O–H groups in total. The molecule has 2 aromatic rings. The van der Waals surface area contributed by atoms with Crippen LogP contribution in [-0.2, 0) is 32.4 Å². The molecule has 0 aliphatic carbocycles. The molecular formula is C20H21FN2O5S. The van der Waals surface area contributed by atoms with Crippen molar-refractivity contribution < 1.29 is 27.1 Å². The van der Waals surface area contributed by atoms with E-state index in [2.05, 4.69) is 5.32 Å². The number of carbonyl (C=O) groups excluding carboxylic acids is 2. The molecule has 0 atom stereocenters. The lowest BCUT2D eigenvalue weighted by Crippen LogP contribution is -2.30. The van der Waals surface area contributed by atoms with Crippen LogP contribution in [0.5, 0.6) is 0 Å². The molecule has 0 unspecified atom stereocenters. The van der Waals surface area contributed by atoms with E-state index in [0.29, 0.717) is 30.6 Å². The summed E-state index contributed by atoms with van der Waals surface area (Å²) in [6, 6.07) is 10.9. The highest BCUT2D eigenvalue weighted by Crippen LogP contribution is 2.30. The van der Waals surface area contributed by atoms with Gasteiger partial charge in [-0.15, -0.1) is 0 Å². The fraction of sp³-hybridized carbons (Fsp3) is 0.300. The van der Waals surface area contributed by atoms with E-state index in [4.69, 9.17) is 4.74 Å². The van der Waals surface area contributed by atoms with Crippen LogP contribution in [-0.4, -0.2) is 46.2 Å². The zero-order valence-electron chi connectivity index (χ0n) is 15.9. The number of rotatable bonds is 7. The normalized spacial score (nSPS) is 13.1. The molecule has 0 spiro atoms. The maximum absolute atomic E-state index is 13.5. The lowest BCUT2D eigenvalue weighted by molar-refractivity contribution is -0.124. The summed E-state index contributed by atoms with van der Waals surface area (Å²) in [5.74, 6) is -1.49. The minimum absolute atomic E-state index is 0.220. The minimum Gasteiger partial charge on any atom is -0.452 e. The first-order valence-corrected chi connectivity index (χ1v) is 10.9. The van der Waals surface area contributed by atoms with Crippen molar-refractivity contribution in [3.8, 4) is 0 Å². The molecule has 1 aliphatic heterocycles. The number of benzene rings is 2. The highest BCUT2D eigenvalue weighted by Gasteiger charge is 2.27. The predicted octanol–water partition coefficient (Wildman–Crippen LogP) is 1.66. The Bertz CT molecular complexity index is 1040. The van der Waals surface area contributed by atoms with E-state index in [1.165, 1.54) is 16.4 Å². The summed E-state index contributed by atoms with van der Waals surface area (Å²) in [7, 11) is -3.36. The van der Waals surface area contributed by atoms with Gasteiger partial charge in [-0.1, -0.05) is 18.2 Å². The van der Waals surface area contributed by atoms with E-state index in [0.717, 1.165) is 11.8 Å². The van der Waals surface area contributed by atoms with Crippen LogP contribution in [0.4, 0.5) is 10.1 Å². The maximum atomic E-state index is 13.5. The van der Waals surface area contributed by atoms with Gasteiger partial charge in [0.15, 0.2) is 6.61 Å². The van der Waals surface area contributed by atoms with Crippen molar-refractivity contribution in [2.45, 2.75) is 12.8 Å². The third-order valence-corrected chi connectivity index (χ3v) is 5.76. The number of fused-ring (bicyclic) bond motifs is 1. The van der Waals surface area contributed by atoms with E-state index in [1.807, 2.05) is 0 Å². The highest BCUT2D eigenvalue weighted by molar-refractivity contribution is 7.92. The Morgan fingerprint density at radius 3 is 2.69 bits per heavy atom. The molecule has 9 heteroatoms. The topological polar surface area (TPSA) is 92.8 Å². The zero-order valence-corrected chi connectivity index (χ0v) is 16.7. The Morgan fingerprint density at radius 1 is 1.21 bits per heavy atom. The van der Waals surface area contributed by atoms with Crippen LogP contribution in [0, 0.1) is 5.82 Å². The smallest absolute Gasteiger partial charge is 0.338 e. The summed E-state index contributed by atoms with van der Waals surface area (Å²) in [6.45, 7) is 0.0945. The number of esters is 1. The molecule has 1 aliphatic rings. The second-order valence-electron chi connectivity index (χ2n) is 6.70. The molecule has 7 nitrogen and oxygen atoms in total. The van der Waals surface area contributed by atoms with Gasteiger partial charge in [0.05, 0.1) is 17.5 Å². The highest BCUT2D eigenvalue weighted by atomic mass is 32.2. The second-order valence-corrected chi connectivity index (χ2v) is 8.60. The van der Waals surface area contributed by atoms with Gasteiger partial charge in [-0.05, 0) is 48.2 Å². The average Bonchev–Trinajstić information content (AvgIpc) is 3.11. The number of nitrogens with one attached hydrogen (secondary N) is 1. The molecule has 0 radical (unpaired) electrons. The molecule has 0 bridgehead atoms. The Balaban J connectivity index is 1.50. The van der Waals surface area contributed by atoms with Crippen molar-refractivity contribution in [1.29, 1.82) is 0 Å². The van der Waals surface area contributed by atoms with Crippen LogP contribution in [0.25, 0.3) is 0 Å². The third-order valence-electron chi connectivity index (χ3n) is 4.58. The predicted molar refractivity (Wildman–Crippen MR) is 106 cm³/mol. The van der Waals surface area contributed by atoms with Crippen LogP contribution < -0.4 is 9.62 Å². The molecule has 29 heavy (non-hydrogen) atoms. The van der Waals surface area contributed by atoms with Crippen LogP contribution in [0.2, 0.25) is 0 Å². The number of carbonyl (C=O) groups is 2. The van der Waals surface area contributed by atoms with Gasteiger partial charge in [0.1, 0.15) is 5.82 Å². The van der Waals surface area contributed by atoms with E-state index < -0.39 is 28.5 Å². The number of sulfonamides is 1. The van der Waals surface area contributed by atoms with Crippen molar-refractivity contribution >= 4 is 27.6 Å². The molecule has 154 valence electrons. The first kappa shape index (κ1) is 20.8. The summed E-state index contributed by atoms with van der Waals surface area (Å²) in [5, 5.41) is 2.57. The van der Waals surface area contributed by atoms with Crippen molar-refractivity contribution in [1.82, 2.24) is 5.32 Å². The summed E-state index contributed by atoms with van der Waals surface area (Å²) in [5.41, 5.74) is 2.03. The summed E-state index contributed by atoms with van der Waals surface area (Å²) in [4.78, 5) is 24.0. The third kappa shape index (κ3) is 5.11. The van der Waals surface area contributed by atoms with Gasteiger partial charge in [0.2, 0.25) is 10.0 Å². The number of hydrogen-bond acceptors (Lipinski definition) is 5. The number of hydrogen-bond donors (Lipinski definition) is 1. The molecule has 0 fully saturated rings. The Kier molecular flexibility index (Phi) is 6.17. The molecule has 2 aromatic carbocycles. The fourth-order valence-electron chi connectivity index (χ4n) is 3.15. The second kappa shape index (κ2) is 8.60. The number of amides is 1. The van der Waals surface area contributed by atoms with Crippen LogP contribution >= 0.6 is 0 Å². The van der Waals surface area contributed by atoms with Gasteiger partial charge in [-0.25, -0.2) is 17.6 Å². The Labute approximate surface area is 168 Å². The maximum Gasteiger partial charge on any atom is 0.338 e. The fourth-order valence-corrected chi connectivity index (χ4v) is 4.10. The van der Waals surface area contributed by atoms with Gasteiger partial charge in [-0.3, -0.25) is 9.10 Å². The molecule has 0 aromatic heterocycles. The number of nitrogens with zero attached hydrogens (tertiary/aromatic N) is 1. The number of anilines is 1. The standard InChI is InChI=1S/C20H21FN2O5S/c1-29(26,27)23-11-9-15-12-16(6-7-18(15)23)20(25)28-13-19(24)22-10-8-14-4-2-3-5-17(14)21/h2-7,12H,8-11,13H2,1H3,(H,22,24). The molecule has 0 saturated carbocycles. The SMILES string of the molecule is CS(=O)(=O)N1CCc2cc(C(=O)OCC(=O)NCCc3ccccc3F)ccc21. The first-order valence-electron chi connectivity index (χ1n) is 9.03. The van der Waals surface area contributed by atoms with Gasteiger partial charge >= 0.3 is 5.97 Å². The van der Waals surface area contributed by atoms with Crippen molar-refractivity contribution in [3.05, 3.63) is 65.0 Å². The number of halogens is 1. The zero-order chi connectivity index (χ0) is 21.0. The van der Waals surface area contributed by atoms with E-state index >= 15 is 0 Å². The van der Waals surface area contributed by atoms with E-state index in [-0.39, 0.29) is 17.9 Å². The first-order chi connectivity index (χ1) is 13.8.